The lowest BCUT2D eigenvalue weighted by molar-refractivity contribution is -0.118. The monoisotopic (exact) mass is 504 g/mol. The van der Waals surface area contributed by atoms with E-state index in [-0.39, 0.29) is 23.5 Å². The predicted octanol–water partition coefficient (Wildman–Crippen LogP) is 4.52. The highest BCUT2D eigenvalue weighted by molar-refractivity contribution is 9.10. The molecule has 1 aromatic heterocycles. The lowest BCUT2D eigenvalue weighted by Crippen LogP contribution is -2.21. The number of nitrogens with zero attached hydrogens (tertiary/aromatic N) is 4. The van der Waals surface area contributed by atoms with Gasteiger partial charge in [-0.05, 0) is 55.8 Å². The van der Waals surface area contributed by atoms with Gasteiger partial charge in [0.05, 0.1) is 17.5 Å². The number of hydrogen-bond acceptors (Lipinski definition) is 6. The Hall–Kier alpha value is -2.72. The molecule has 1 amide bonds. The molecule has 10 heteroatoms. The van der Waals surface area contributed by atoms with E-state index in [4.69, 9.17) is 0 Å². The van der Waals surface area contributed by atoms with Crippen molar-refractivity contribution >= 4 is 45.0 Å². The summed E-state index contributed by atoms with van der Waals surface area (Å²) in [5.41, 5.74) is 4.81. The first-order valence-electron chi connectivity index (χ1n) is 9.46. The van der Waals surface area contributed by atoms with Crippen LogP contribution >= 0.6 is 27.7 Å². The van der Waals surface area contributed by atoms with Gasteiger partial charge in [-0.25, -0.2) is 9.82 Å². The molecule has 1 heterocycles. The van der Waals surface area contributed by atoms with E-state index in [2.05, 4.69) is 42.0 Å². The lowest BCUT2D eigenvalue weighted by Gasteiger charge is -2.14. The molecule has 0 aliphatic carbocycles. The van der Waals surface area contributed by atoms with E-state index in [9.17, 15) is 9.18 Å². The van der Waals surface area contributed by atoms with Crippen LogP contribution in [0.5, 0.6) is 0 Å². The Morgan fingerprint density at radius 1 is 1.19 bits per heavy atom. The smallest absolute Gasteiger partial charge is 0.250 e. The molecule has 0 fully saturated rings. The number of benzene rings is 2. The van der Waals surface area contributed by atoms with Crippen LogP contribution in [0, 0.1) is 5.82 Å². The summed E-state index contributed by atoms with van der Waals surface area (Å²) in [6.07, 6.45) is 0. The minimum absolute atomic E-state index is 0.0650. The molecule has 0 spiro atoms. The third-order valence-corrected chi connectivity index (χ3v) is 5.97. The highest BCUT2D eigenvalue weighted by Gasteiger charge is 2.16. The SMILES string of the molecule is C/C(=N/NC(=O)CSc1nnc([C@H](C)Nc2ccc(Br)cc2)n1C)c1ccc(F)cc1. The molecule has 0 saturated heterocycles. The number of carbonyl (C=O) groups is 1. The molecule has 0 aliphatic heterocycles. The molecule has 0 bridgehead atoms. The first kappa shape index (κ1) is 23.0. The Bertz CT molecular complexity index is 1070. The van der Waals surface area contributed by atoms with E-state index in [1.54, 1.807) is 19.1 Å². The van der Waals surface area contributed by atoms with Gasteiger partial charge in [-0.1, -0.05) is 39.8 Å². The molecular weight excluding hydrogens is 483 g/mol. The molecule has 2 aromatic carbocycles. The minimum Gasteiger partial charge on any atom is -0.375 e. The number of thioether (sulfide) groups is 1. The van der Waals surface area contributed by atoms with Gasteiger partial charge in [-0.3, -0.25) is 4.79 Å². The lowest BCUT2D eigenvalue weighted by atomic mass is 10.1. The van der Waals surface area contributed by atoms with E-state index >= 15 is 0 Å². The summed E-state index contributed by atoms with van der Waals surface area (Å²) < 4.78 is 15.9. The molecular formula is C21H22BrFN6OS. The summed E-state index contributed by atoms with van der Waals surface area (Å²) in [6, 6.07) is 13.7. The van der Waals surface area contributed by atoms with Gasteiger partial charge in [0.25, 0.3) is 5.91 Å². The second-order valence-corrected chi connectivity index (χ2v) is 8.66. The molecule has 3 aromatic rings. The maximum atomic E-state index is 13.0. The minimum atomic E-state index is -0.318. The van der Waals surface area contributed by atoms with Gasteiger partial charge in [0.1, 0.15) is 5.82 Å². The number of hydrazone groups is 1. The first-order valence-corrected chi connectivity index (χ1v) is 11.2. The number of halogens is 2. The van der Waals surface area contributed by atoms with Crippen molar-refractivity contribution in [3.8, 4) is 0 Å². The van der Waals surface area contributed by atoms with E-state index < -0.39 is 0 Å². The Morgan fingerprint density at radius 2 is 1.87 bits per heavy atom. The zero-order valence-corrected chi connectivity index (χ0v) is 19.7. The van der Waals surface area contributed by atoms with E-state index in [1.807, 2.05) is 42.8 Å². The molecule has 7 nitrogen and oxygen atoms in total. The van der Waals surface area contributed by atoms with Gasteiger partial charge in [0.2, 0.25) is 0 Å². The van der Waals surface area contributed by atoms with Crippen LogP contribution in [0.15, 0.2) is 63.3 Å². The molecule has 1 atom stereocenters. The fourth-order valence-electron chi connectivity index (χ4n) is 2.75. The van der Waals surface area contributed by atoms with E-state index in [0.29, 0.717) is 10.9 Å². The van der Waals surface area contributed by atoms with Crippen LogP contribution in [-0.4, -0.2) is 32.1 Å². The Balaban J connectivity index is 1.54. The summed E-state index contributed by atoms with van der Waals surface area (Å²) in [4.78, 5) is 12.2. The van der Waals surface area contributed by atoms with Crippen LogP contribution in [-0.2, 0) is 11.8 Å². The van der Waals surface area contributed by atoms with Gasteiger partial charge >= 0.3 is 0 Å². The number of rotatable bonds is 8. The Kier molecular flexibility index (Phi) is 7.80. The number of nitrogens with one attached hydrogen (secondary N) is 2. The van der Waals surface area contributed by atoms with Crippen molar-refractivity contribution in [2.45, 2.75) is 25.0 Å². The highest BCUT2D eigenvalue weighted by Crippen LogP contribution is 2.23. The van der Waals surface area contributed by atoms with E-state index in [1.165, 1.54) is 23.9 Å². The summed E-state index contributed by atoms with van der Waals surface area (Å²) in [7, 11) is 1.87. The van der Waals surface area contributed by atoms with Crippen molar-refractivity contribution < 1.29 is 9.18 Å². The molecule has 3 rings (SSSR count). The molecule has 31 heavy (non-hydrogen) atoms. The van der Waals surface area contributed by atoms with Crippen molar-refractivity contribution in [3.05, 3.63) is 70.2 Å². The molecule has 2 N–H and O–H groups in total. The van der Waals surface area contributed by atoms with Gasteiger partial charge in [-0.2, -0.15) is 5.10 Å². The van der Waals surface area contributed by atoms with Crippen LogP contribution in [0.2, 0.25) is 0 Å². The summed E-state index contributed by atoms with van der Waals surface area (Å²) in [5.74, 6) is 0.315. The molecule has 0 aliphatic rings. The number of aromatic nitrogens is 3. The third kappa shape index (κ3) is 6.38. The molecule has 0 saturated carbocycles. The largest absolute Gasteiger partial charge is 0.375 e. The van der Waals surface area contributed by atoms with Crippen LogP contribution < -0.4 is 10.7 Å². The van der Waals surface area contributed by atoms with E-state index in [0.717, 1.165) is 21.5 Å². The first-order chi connectivity index (χ1) is 14.8. The Morgan fingerprint density at radius 3 is 2.55 bits per heavy atom. The van der Waals surface area contributed by atoms with Gasteiger partial charge in [0.15, 0.2) is 11.0 Å². The number of anilines is 1. The second-order valence-electron chi connectivity index (χ2n) is 6.80. The van der Waals surface area contributed by atoms with Crippen molar-refractivity contribution in [3.63, 3.8) is 0 Å². The van der Waals surface area contributed by atoms with Gasteiger partial charge < -0.3 is 9.88 Å². The normalized spacial score (nSPS) is 12.5. The van der Waals surface area contributed by atoms with Crippen LogP contribution in [0.25, 0.3) is 0 Å². The zero-order chi connectivity index (χ0) is 22.4. The predicted molar refractivity (Wildman–Crippen MR) is 125 cm³/mol. The fourth-order valence-corrected chi connectivity index (χ4v) is 3.73. The van der Waals surface area contributed by atoms with Crippen molar-refractivity contribution in [2.75, 3.05) is 11.1 Å². The maximum absolute atomic E-state index is 13.0. The maximum Gasteiger partial charge on any atom is 0.250 e. The average molecular weight is 505 g/mol. The third-order valence-electron chi connectivity index (χ3n) is 4.43. The zero-order valence-electron chi connectivity index (χ0n) is 17.3. The van der Waals surface area contributed by atoms with Crippen molar-refractivity contribution in [2.24, 2.45) is 12.1 Å². The highest BCUT2D eigenvalue weighted by atomic mass is 79.9. The fraction of sp³-hybridized carbons (Fsp3) is 0.238. The van der Waals surface area contributed by atoms with Gasteiger partial charge in [0, 0.05) is 17.2 Å². The van der Waals surface area contributed by atoms with Crippen LogP contribution in [0.3, 0.4) is 0 Å². The summed E-state index contributed by atoms with van der Waals surface area (Å²) in [5, 5.41) is 16.5. The average Bonchev–Trinajstić information content (AvgIpc) is 3.13. The molecule has 0 radical (unpaired) electrons. The summed E-state index contributed by atoms with van der Waals surface area (Å²) >= 11 is 4.70. The van der Waals surface area contributed by atoms with Crippen LogP contribution in [0.1, 0.15) is 31.3 Å². The van der Waals surface area contributed by atoms with Gasteiger partial charge in [-0.15, -0.1) is 10.2 Å². The Labute approximate surface area is 192 Å². The second kappa shape index (κ2) is 10.5. The summed E-state index contributed by atoms with van der Waals surface area (Å²) in [6.45, 7) is 3.75. The molecule has 0 unspecified atom stereocenters. The number of hydrogen-bond donors (Lipinski definition) is 2. The van der Waals surface area contributed by atoms with Crippen LogP contribution in [0.4, 0.5) is 10.1 Å². The number of carbonyl (C=O) groups excluding carboxylic acids is 1. The topological polar surface area (TPSA) is 84.2 Å². The van der Waals surface area contributed by atoms with Crippen molar-refractivity contribution in [1.82, 2.24) is 20.2 Å². The standard InChI is InChI=1S/C21H22BrFN6OS/c1-13(15-4-8-17(23)9-5-15)25-26-19(30)12-31-21-28-27-20(29(21)3)14(2)24-18-10-6-16(22)7-11-18/h4-11,14,24H,12H2,1-3H3,(H,26,30)/b25-13-/t14-/m0/s1. The quantitative estimate of drug-likeness (QED) is 0.267. The molecule has 162 valence electrons. The number of amides is 1. The van der Waals surface area contributed by atoms with Crippen molar-refractivity contribution in [1.29, 1.82) is 0 Å².